The van der Waals surface area contributed by atoms with Crippen molar-refractivity contribution in [2.75, 3.05) is 32.8 Å². The highest BCUT2D eigenvalue weighted by atomic mass is 79.9. The molecular formula is C19H23BrN2O3. The number of fused-ring (bicyclic) bond motifs is 1. The van der Waals surface area contributed by atoms with Gasteiger partial charge >= 0.3 is 0 Å². The second-order valence-electron chi connectivity index (χ2n) is 6.88. The van der Waals surface area contributed by atoms with Gasteiger partial charge in [-0.05, 0) is 31.7 Å². The Morgan fingerprint density at radius 1 is 1.28 bits per heavy atom. The van der Waals surface area contributed by atoms with Crippen LogP contribution < -0.4 is 0 Å². The molecule has 0 N–H and O–H groups in total. The molecule has 0 unspecified atom stereocenters. The Kier molecular flexibility index (Phi) is 4.38. The number of hydrogen-bond donors (Lipinski definition) is 0. The number of nitrogens with zero attached hydrogens (tertiary/aromatic N) is 2. The largest absolute Gasteiger partial charge is 0.451 e. The van der Waals surface area contributed by atoms with Crippen LogP contribution in [-0.4, -0.2) is 54.2 Å². The number of halogens is 1. The van der Waals surface area contributed by atoms with Crippen LogP contribution in [0.2, 0.25) is 0 Å². The van der Waals surface area contributed by atoms with E-state index in [4.69, 9.17) is 9.15 Å². The summed E-state index contributed by atoms with van der Waals surface area (Å²) in [5, 5.41) is 0.979. The lowest BCUT2D eigenvalue weighted by Crippen LogP contribution is -2.54. The summed E-state index contributed by atoms with van der Waals surface area (Å²) in [5.41, 5.74) is 1.18. The minimum Gasteiger partial charge on any atom is -0.451 e. The van der Waals surface area contributed by atoms with E-state index in [9.17, 15) is 4.79 Å². The van der Waals surface area contributed by atoms with Crippen molar-refractivity contribution in [3.8, 4) is 0 Å². The molecule has 3 heterocycles. The van der Waals surface area contributed by atoms with Gasteiger partial charge in [0.1, 0.15) is 11.3 Å². The molecule has 0 aliphatic carbocycles. The molecular weight excluding hydrogens is 384 g/mol. The number of amides is 1. The van der Waals surface area contributed by atoms with Gasteiger partial charge in [0, 0.05) is 47.9 Å². The molecule has 0 radical (unpaired) electrons. The summed E-state index contributed by atoms with van der Waals surface area (Å²) in [6.45, 7) is 8.33. The van der Waals surface area contributed by atoms with Gasteiger partial charge in [0.05, 0.1) is 6.61 Å². The second-order valence-corrected chi connectivity index (χ2v) is 7.80. The average molecular weight is 407 g/mol. The van der Waals surface area contributed by atoms with E-state index in [0.717, 1.165) is 53.5 Å². The van der Waals surface area contributed by atoms with E-state index < -0.39 is 5.72 Å². The zero-order valence-electron chi connectivity index (χ0n) is 14.7. The zero-order chi connectivity index (χ0) is 17.6. The van der Waals surface area contributed by atoms with Crippen LogP contribution in [0.1, 0.15) is 35.9 Å². The number of benzene rings is 1. The molecule has 2 aromatic rings. The fourth-order valence-electron chi connectivity index (χ4n) is 4.05. The maximum absolute atomic E-state index is 13.3. The van der Waals surface area contributed by atoms with Crippen molar-refractivity contribution in [2.24, 2.45) is 0 Å². The second kappa shape index (κ2) is 6.41. The van der Waals surface area contributed by atoms with Crippen LogP contribution in [0.15, 0.2) is 27.1 Å². The molecule has 1 spiro atoms. The van der Waals surface area contributed by atoms with E-state index in [1.807, 2.05) is 30.0 Å². The van der Waals surface area contributed by atoms with Gasteiger partial charge in [-0.25, -0.2) is 0 Å². The van der Waals surface area contributed by atoms with Gasteiger partial charge < -0.3 is 19.0 Å². The third-order valence-corrected chi connectivity index (χ3v) is 6.09. The summed E-state index contributed by atoms with van der Waals surface area (Å²) >= 11 is 3.49. The molecule has 134 valence electrons. The first-order valence-corrected chi connectivity index (χ1v) is 9.70. The number of likely N-dealkylation sites (tertiary alicyclic amines) is 1. The van der Waals surface area contributed by atoms with Gasteiger partial charge in [0.15, 0.2) is 5.76 Å². The van der Waals surface area contributed by atoms with Gasteiger partial charge in [0.25, 0.3) is 5.91 Å². The van der Waals surface area contributed by atoms with E-state index in [2.05, 4.69) is 27.8 Å². The Hall–Kier alpha value is -1.37. The Morgan fingerprint density at radius 3 is 2.76 bits per heavy atom. The number of rotatable bonds is 2. The fraction of sp³-hybridized carbons (Fsp3) is 0.526. The quantitative estimate of drug-likeness (QED) is 0.760. The summed E-state index contributed by atoms with van der Waals surface area (Å²) in [6.07, 6.45) is 1.72. The van der Waals surface area contributed by atoms with Crippen LogP contribution in [0.4, 0.5) is 0 Å². The molecule has 2 aliphatic rings. The predicted molar refractivity (Wildman–Crippen MR) is 99.7 cm³/mol. The van der Waals surface area contributed by atoms with Crippen molar-refractivity contribution in [1.82, 2.24) is 9.80 Å². The summed E-state index contributed by atoms with van der Waals surface area (Å²) in [4.78, 5) is 17.6. The maximum atomic E-state index is 13.3. The highest BCUT2D eigenvalue weighted by Crippen LogP contribution is 2.37. The molecule has 0 atom stereocenters. The number of piperidine rings is 1. The first-order valence-electron chi connectivity index (χ1n) is 8.91. The van der Waals surface area contributed by atoms with Crippen molar-refractivity contribution < 1.29 is 13.9 Å². The monoisotopic (exact) mass is 406 g/mol. The van der Waals surface area contributed by atoms with E-state index in [-0.39, 0.29) is 5.91 Å². The molecule has 1 amide bonds. The number of aryl methyl sites for hydroxylation is 1. The molecule has 2 fully saturated rings. The van der Waals surface area contributed by atoms with E-state index in [0.29, 0.717) is 18.9 Å². The SMILES string of the molecule is CCN1CCC2(CC1)OCCN2C(=O)c1oc2ccc(Br)cc2c1C. The molecule has 1 aromatic heterocycles. The smallest absolute Gasteiger partial charge is 0.292 e. The minimum atomic E-state index is -0.464. The van der Waals surface area contributed by atoms with Crippen molar-refractivity contribution in [2.45, 2.75) is 32.4 Å². The minimum absolute atomic E-state index is 0.0488. The van der Waals surface area contributed by atoms with Crippen molar-refractivity contribution in [3.63, 3.8) is 0 Å². The summed E-state index contributed by atoms with van der Waals surface area (Å²) in [5.74, 6) is 0.392. The third-order valence-electron chi connectivity index (χ3n) is 5.60. The highest BCUT2D eigenvalue weighted by molar-refractivity contribution is 9.10. The first kappa shape index (κ1) is 17.1. The molecule has 0 bridgehead atoms. The molecule has 2 aliphatic heterocycles. The Labute approximate surface area is 156 Å². The van der Waals surface area contributed by atoms with Crippen molar-refractivity contribution >= 4 is 32.8 Å². The highest BCUT2D eigenvalue weighted by Gasteiger charge is 2.47. The average Bonchev–Trinajstić information content (AvgIpc) is 3.17. The van der Waals surface area contributed by atoms with Gasteiger partial charge in [-0.1, -0.05) is 22.9 Å². The Balaban J connectivity index is 1.65. The number of ether oxygens (including phenoxy) is 1. The van der Waals surface area contributed by atoms with E-state index in [1.165, 1.54) is 0 Å². The normalized spacial score (nSPS) is 20.7. The lowest BCUT2D eigenvalue weighted by atomic mass is 9.98. The number of furan rings is 1. The van der Waals surface area contributed by atoms with Crippen molar-refractivity contribution in [3.05, 3.63) is 34.0 Å². The number of hydrogen-bond acceptors (Lipinski definition) is 4. The lowest BCUT2D eigenvalue weighted by Gasteiger charge is -2.43. The number of carbonyl (C=O) groups is 1. The Morgan fingerprint density at radius 2 is 2.04 bits per heavy atom. The fourth-order valence-corrected chi connectivity index (χ4v) is 4.41. The lowest BCUT2D eigenvalue weighted by molar-refractivity contribution is -0.105. The molecule has 2 saturated heterocycles. The molecule has 5 nitrogen and oxygen atoms in total. The van der Waals surface area contributed by atoms with Gasteiger partial charge in [0.2, 0.25) is 0 Å². The zero-order valence-corrected chi connectivity index (χ0v) is 16.3. The standard InChI is InChI=1S/C19H23BrN2O3/c1-3-21-8-6-19(7-9-21)22(10-11-24-19)18(23)17-13(2)15-12-14(20)4-5-16(15)25-17/h4-5,12H,3,6-11H2,1-2H3. The number of carbonyl (C=O) groups excluding carboxylic acids is 1. The van der Waals surface area contributed by atoms with Crippen LogP contribution in [0, 0.1) is 6.92 Å². The molecule has 25 heavy (non-hydrogen) atoms. The summed E-state index contributed by atoms with van der Waals surface area (Å²) in [6, 6.07) is 5.83. The third kappa shape index (κ3) is 2.80. The van der Waals surface area contributed by atoms with E-state index >= 15 is 0 Å². The maximum Gasteiger partial charge on any atom is 0.292 e. The van der Waals surface area contributed by atoms with Gasteiger partial charge in [-0.2, -0.15) is 0 Å². The molecule has 1 aromatic carbocycles. The first-order chi connectivity index (χ1) is 12.0. The van der Waals surface area contributed by atoms with Crippen LogP contribution >= 0.6 is 15.9 Å². The topological polar surface area (TPSA) is 45.9 Å². The van der Waals surface area contributed by atoms with Gasteiger partial charge in [-0.3, -0.25) is 4.79 Å². The van der Waals surface area contributed by atoms with Crippen LogP contribution in [0.25, 0.3) is 11.0 Å². The van der Waals surface area contributed by atoms with Crippen LogP contribution in [0.5, 0.6) is 0 Å². The van der Waals surface area contributed by atoms with E-state index in [1.54, 1.807) is 0 Å². The van der Waals surface area contributed by atoms with Crippen LogP contribution in [0.3, 0.4) is 0 Å². The predicted octanol–water partition coefficient (Wildman–Crippen LogP) is 3.79. The molecule has 0 saturated carbocycles. The Bertz CT molecular complexity index is 808. The summed E-state index contributed by atoms with van der Waals surface area (Å²) < 4.78 is 13.0. The van der Waals surface area contributed by atoms with Crippen molar-refractivity contribution in [1.29, 1.82) is 0 Å². The van der Waals surface area contributed by atoms with Crippen LogP contribution in [-0.2, 0) is 4.74 Å². The van der Waals surface area contributed by atoms with Gasteiger partial charge in [-0.15, -0.1) is 0 Å². The molecule has 6 heteroatoms. The molecule has 4 rings (SSSR count). The summed E-state index contributed by atoms with van der Waals surface area (Å²) in [7, 11) is 0.